The van der Waals surface area contributed by atoms with E-state index in [0.29, 0.717) is 25.4 Å². The summed E-state index contributed by atoms with van der Waals surface area (Å²) in [5, 5.41) is 0. The summed E-state index contributed by atoms with van der Waals surface area (Å²) in [7, 11) is 0. The Kier molecular flexibility index (Phi) is 5.20. The first-order chi connectivity index (χ1) is 9.72. The van der Waals surface area contributed by atoms with E-state index in [2.05, 4.69) is 18.8 Å². The molecule has 3 heteroatoms. The normalized spacial score (nSPS) is 18.0. The molecule has 0 aromatic heterocycles. The smallest absolute Gasteiger partial charge is 0.223 e. The van der Waals surface area contributed by atoms with Crippen molar-refractivity contribution in [3.63, 3.8) is 0 Å². The van der Waals surface area contributed by atoms with Gasteiger partial charge in [0.05, 0.1) is 6.54 Å². The molecular weight excluding hydrogens is 248 g/mol. The highest BCUT2D eigenvalue weighted by Gasteiger charge is 2.28. The maximum absolute atomic E-state index is 12.0. The lowest BCUT2D eigenvalue weighted by molar-refractivity contribution is -0.128. The Morgan fingerprint density at radius 1 is 1.35 bits per heavy atom. The molecular formula is C17H22N2O. The van der Waals surface area contributed by atoms with E-state index >= 15 is 0 Å². The van der Waals surface area contributed by atoms with Gasteiger partial charge in [0.15, 0.2) is 0 Å². The first-order valence-corrected chi connectivity index (χ1v) is 7.28. The number of amides is 1. The molecule has 1 aromatic rings. The van der Waals surface area contributed by atoms with Crippen molar-refractivity contribution in [2.45, 2.75) is 32.7 Å². The zero-order valence-electron chi connectivity index (χ0n) is 12.1. The Hall–Kier alpha value is -1.79. The molecule has 1 fully saturated rings. The van der Waals surface area contributed by atoms with E-state index in [4.69, 9.17) is 5.73 Å². The van der Waals surface area contributed by atoms with E-state index in [0.717, 1.165) is 30.5 Å². The Morgan fingerprint density at radius 2 is 2.10 bits per heavy atom. The summed E-state index contributed by atoms with van der Waals surface area (Å²) in [6.45, 7) is 4.17. The third-order valence-corrected chi connectivity index (χ3v) is 3.65. The fourth-order valence-electron chi connectivity index (χ4n) is 2.68. The van der Waals surface area contributed by atoms with Crippen molar-refractivity contribution in [2.24, 2.45) is 11.7 Å². The zero-order chi connectivity index (χ0) is 14.4. The Morgan fingerprint density at radius 3 is 2.75 bits per heavy atom. The van der Waals surface area contributed by atoms with Crippen molar-refractivity contribution in [3.8, 4) is 11.8 Å². The first-order valence-electron chi connectivity index (χ1n) is 7.28. The number of benzene rings is 1. The van der Waals surface area contributed by atoms with Gasteiger partial charge < -0.3 is 10.6 Å². The van der Waals surface area contributed by atoms with Crippen LogP contribution in [0.5, 0.6) is 0 Å². The van der Waals surface area contributed by atoms with Crippen LogP contribution in [0.2, 0.25) is 0 Å². The Balaban J connectivity index is 1.95. The minimum Gasteiger partial charge on any atom is -0.338 e. The third kappa shape index (κ3) is 3.85. The van der Waals surface area contributed by atoms with Crippen molar-refractivity contribution < 1.29 is 4.79 Å². The van der Waals surface area contributed by atoms with Gasteiger partial charge in [0.25, 0.3) is 0 Å². The number of likely N-dealkylation sites (tertiary alicyclic amines) is 1. The van der Waals surface area contributed by atoms with Gasteiger partial charge in [0, 0.05) is 25.1 Å². The van der Waals surface area contributed by atoms with Crippen LogP contribution in [0.25, 0.3) is 0 Å². The standard InChI is InChI=1S/C17H22N2O/c1-2-4-16-11-17(20)19(13-16)12-15-8-6-14(7-9-15)5-3-10-18/h6-9,16H,2,4,10-13,18H2,1H3. The summed E-state index contributed by atoms with van der Waals surface area (Å²) in [4.78, 5) is 13.9. The quantitative estimate of drug-likeness (QED) is 0.852. The average molecular weight is 270 g/mol. The van der Waals surface area contributed by atoms with Crippen LogP contribution >= 0.6 is 0 Å². The topological polar surface area (TPSA) is 46.3 Å². The maximum atomic E-state index is 12.0. The second-order valence-electron chi connectivity index (χ2n) is 5.34. The summed E-state index contributed by atoms with van der Waals surface area (Å²) in [5.74, 6) is 6.67. The molecule has 20 heavy (non-hydrogen) atoms. The van der Waals surface area contributed by atoms with Crippen molar-refractivity contribution in [1.82, 2.24) is 4.90 Å². The molecule has 1 aromatic carbocycles. The van der Waals surface area contributed by atoms with Crippen LogP contribution < -0.4 is 5.73 Å². The van der Waals surface area contributed by atoms with Crippen LogP contribution in [0.1, 0.15) is 37.3 Å². The van der Waals surface area contributed by atoms with Gasteiger partial charge in [-0.2, -0.15) is 0 Å². The van der Waals surface area contributed by atoms with E-state index in [-0.39, 0.29) is 5.91 Å². The third-order valence-electron chi connectivity index (χ3n) is 3.65. The first kappa shape index (κ1) is 14.6. The summed E-state index contributed by atoms with van der Waals surface area (Å²) in [6, 6.07) is 8.06. The number of nitrogens with zero attached hydrogens (tertiary/aromatic N) is 1. The lowest BCUT2D eigenvalue weighted by atomic mass is 10.0. The van der Waals surface area contributed by atoms with Crippen LogP contribution in [0.4, 0.5) is 0 Å². The molecule has 3 nitrogen and oxygen atoms in total. The lowest BCUT2D eigenvalue weighted by Crippen LogP contribution is -2.24. The fraction of sp³-hybridized carbons (Fsp3) is 0.471. The van der Waals surface area contributed by atoms with Gasteiger partial charge >= 0.3 is 0 Å². The van der Waals surface area contributed by atoms with Gasteiger partial charge in [-0.05, 0) is 30.0 Å². The number of rotatable bonds is 4. The number of nitrogens with two attached hydrogens (primary N) is 1. The van der Waals surface area contributed by atoms with Crippen molar-refractivity contribution in [2.75, 3.05) is 13.1 Å². The van der Waals surface area contributed by atoms with Gasteiger partial charge in [-0.15, -0.1) is 0 Å². The van der Waals surface area contributed by atoms with E-state index in [1.807, 2.05) is 29.2 Å². The maximum Gasteiger partial charge on any atom is 0.223 e. The minimum atomic E-state index is 0.287. The Bertz CT molecular complexity index is 510. The Labute approximate surface area is 121 Å². The van der Waals surface area contributed by atoms with Crippen molar-refractivity contribution in [1.29, 1.82) is 0 Å². The number of hydrogen-bond donors (Lipinski definition) is 1. The summed E-state index contributed by atoms with van der Waals surface area (Å²) >= 11 is 0. The van der Waals surface area contributed by atoms with Gasteiger partial charge in [0.2, 0.25) is 5.91 Å². The molecule has 0 bridgehead atoms. The molecule has 1 unspecified atom stereocenters. The zero-order valence-corrected chi connectivity index (χ0v) is 12.1. The van der Waals surface area contributed by atoms with Crippen LogP contribution in [0.15, 0.2) is 24.3 Å². The van der Waals surface area contributed by atoms with Crippen molar-refractivity contribution in [3.05, 3.63) is 35.4 Å². The SMILES string of the molecule is CCCC1CC(=O)N(Cc2ccc(C#CCN)cc2)C1. The fourth-order valence-corrected chi connectivity index (χ4v) is 2.68. The highest BCUT2D eigenvalue weighted by molar-refractivity contribution is 5.78. The second-order valence-corrected chi connectivity index (χ2v) is 5.34. The molecule has 1 amide bonds. The molecule has 0 radical (unpaired) electrons. The molecule has 106 valence electrons. The molecule has 1 atom stereocenters. The molecule has 1 heterocycles. The summed E-state index contributed by atoms with van der Waals surface area (Å²) in [5.41, 5.74) is 7.48. The highest BCUT2D eigenvalue weighted by Crippen LogP contribution is 2.23. The van der Waals surface area contributed by atoms with E-state index in [1.54, 1.807) is 0 Å². The molecule has 1 saturated heterocycles. The van der Waals surface area contributed by atoms with Gasteiger partial charge in [-0.25, -0.2) is 0 Å². The van der Waals surface area contributed by atoms with Crippen LogP contribution in [-0.2, 0) is 11.3 Å². The molecule has 0 saturated carbocycles. The van der Waals surface area contributed by atoms with Gasteiger partial charge in [-0.1, -0.05) is 37.3 Å². The molecule has 2 rings (SSSR count). The minimum absolute atomic E-state index is 0.287. The molecule has 1 aliphatic rings. The predicted molar refractivity (Wildman–Crippen MR) is 80.8 cm³/mol. The van der Waals surface area contributed by atoms with Crippen LogP contribution in [0.3, 0.4) is 0 Å². The van der Waals surface area contributed by atoms with Gasteiger partial charge in [-0.3, -0.25) is 4.79 Å². The molecule has 0 spiro atoms. The number of hydrogen-bond acceptors (Lipinski definition) is 2. The van der Waals surface area contributed by atoms with Crippen LogP contribution in [0, 0.1) is 17.8 Å². The van der Waals surface area contributed by atoms with Crippen molar-refractivity contribution >= 4 is 5.91 Å². The molecule has 0 aliphatic carbocycles. The number of carbonyl (C=O) groups excluding carboxylic acids is 1. The van der Waals surface area contributed by atoms with E-state index in [9.17, 15) is 4.79 Å². The van der Waals surface area contributed by atoms with Gasteiger partial charge in [0.1, 0.15) is 0 Å². The summed E-state index contributed by atoms with van der Waals surface area (Å²) in [6.07, 6.45) is 3.02. The highest BCUT2D eigenvalue weighted by atomic mass is 16.2. The molecule has 1 aliphatic heterocycles. The monoisotopic (exact) mass is 270 g/mol. The second kappa shape index (κ2) is 7.12. The average Bonchev–Trinajstić information content (AvgIpc) is 2.79. The molecule has 2 N–H and O–H groups in total. The lowest BCUT2D eigenvalue weighted by Gasteiger charge is -2.16. The largest absolute Gasteiger partial charge is 0.338 e. The van der Waals surface area contributed by atoms with E-state index in [1.165, 1.54) is 0 Å². The van der Waals surface area contributed by atoms with Crippen LogP contribution in [-0.4, -0.2) is 23.9 Å². The number of carbonyl (C=O) groups is 1. The summed E-state index contributed by atoms with van der Waals surface area (Å²) < 4.78 is 0. The van der Waals surface area contributed by atoms with E-state index < -0.39 is 0 Å². The predicted octanol–water partition coefficient (Wildman–Crippen LogP) is 2.15.